The Hall–Kier alpha value is -6.65. The van der Waals surface area contributed by atoms with E-state index in [-0.39, 0.29) is 12.1 Å². The molecule has 1 fully saturated rings. The maximum Gasteiger partial charge on any atom is 0.416 e. The second-order valence-electron chi connectivity index (χ2n) is 9.62. The summed E-state index contributed by atoms with van der Waals surface area (Å²) in [5, 5.41) is 47.3. The van der Waals surface area contributed by atoms with Crippen molar-refractivity contribution < 1.29 is 61.5 Å². The van der Waals surface area contributed by atoms with Crippen LogP contribution in [0.5, 0.6) is 0 Å². The molecule has 0 amide bonds. The number of benzene rings is 3. The van der Waals surface area contributed by atoms with E-state index in [0.29, 0.717) is 0 Å². The van der Waals surface area contributed by atoms with Crippen LogP contribution in [0.2, 0.25) is 0 Å². The second kappa shape index (κ2) is 12.4. The SMILES string of the molecule is N#CC(=C1C(=C(\C#N)c2cc(C(F)(F)F)cc(C(F)(F)F)c2)/C1=C(\C#N)c1c(F)c(F)c(C#N)c(F)c1F)c1c(F)c(F)c(C#N)c(F)c1F. The van der Waals surface area contributed by atoms with Crippen LogP contribution in [-0.4, -0.2) is 0 Å². The quantitative estimate of drug-likeness (QED) is 0.153. The van der Waals surface area contributed by atoms with Crippen molar-refractivity contribution in [3.05, 3.63) is 120 Å². The Kier molecular flexibility index (Phi) is 8.99. The second-order valence-corrected chi connectivity index (χ2v) is 9.62. The number of hydrogen-bond acceptors (Lipinski definition) is 5. The molecular weight excluding hydrogens is 708 g/mol. The van der Waals surface area contributed by atoms with Crippen LogP contribution in [0.4, 0.5) is 61.5 Å². The van der Waals surface area contributed by atoms with Crippen molar-refractivity contribution in [1.82, 2.24) is 0 Å². The summed E-state index contributed by atoms with van der Waals surface area (Å²) in [6, 6.07) is 3.96. The summed E-state index contributed by atoms with van der Waals surface area (Å²) < 4.78 is 200. The lowest BCUT2D eigenvalue weighted by Crippen LogP contribution is -2.11. The van der Waals surface area contributed by atoms with Crippen molar-refractivity contribution in [2.75, 3.05) is 0 Å². The van der Waals surface area contributed by atoms with Crippen LogP contribution in [0.15, 0.2) is 34.9 Å². The summed E-state index contributed by atoms with van der Waals surface area (Å²) in [5.41, 5.74) is -22.4. The van der Waals surface area contributed by atoms with E-state index in [1.807, 2.05) is 0 Å². The molecule has 5 nitrogen and oxygen atoms in total. The normalized spacial score (nSPS) is 15.6. The van der Waals surface area contributed by atoms with Gasteiger partial charge in [-0.15, -0.1) is 0 Å². The van der Waals surface area contributed by atoms with E-state index in [1.165, 1.54) is 0 Å². The molecule has 1 aliphatic carbocycles. The minimum absolute atomic E-state index is 0.100. The summed E-state index contributed by atoms with van der Waals surface area (Å²) in [7, 11) is 0. The third-order valence-corrected chi connectivity index (χ3v) is 6.90. The molecule has 0 aliphatic heterocycles. The third-order valence-electron chi connectivity index (χ3n) is 6.90. The number of nitrogens with zero attached hydrogens (tertiary/aromatic N) is 5. The molecule has 50 heavy (non-hydrogen) atoms. The van der Waals surface area contributed by atoms with Gasteiger partial charge in [0, 0.05) is 16.7 Å². The molecule has 250 valence electrons. The topological polar surface area (TPSA) is 119 Å². The molecule has 0 atom stereocenters. The molecule has 0 heterocycles. The van der Waals surface area contributed by atoms with E-state index in [1.54, 1.807) is 0 Å². The minimum Gasteiger partial charge on any atom is -0.203 e. The molecule has 3 aromatic carbocycles. The molecule has 4 rings (SSSR count). The number of halogens is 14. The average molecular weight is 711 g/mol. The monoisotopic (exact) mass is 711 g/mol. The zero-order chi connectivity index (χ0) is 37.8. The average Bonchev–Trinajstić information content (AvgIpc) is 3.76. The molecule has 0 bridgehead atoms. The summed E-state index contributed by atoms with van der Waals surface area (Å²) in [6.07, 6.45) is -11.1. The van der Waals surface area contributed by atoms with Crippen LogP contribution in [0.1, 0.15) is 38.9 Å². The first-order chi connectivity index (χ1) is 23.2. The van der Waals surface area contributed by atoms with Gasteiger partial charge in [-0.05, 0) is 23.8 Å². The van der Waals surface area contributed by atoms with Crippen LogP contribution in [-0.2, 0) is 12.4 Å². The van der Waals surface area contributed by atoms with Gasteiger partial charge in [-0.1, -0.05) is 0 Å². The predicted octanol–water partition coefficient (Wildman–Crippen LogP) is 8.83. The van der Waals surface area contributed by atoms with Gasteiger partial charge < -0.3 is 0 Å². The Bertz CT molecular complexity index is 2170. The van der Waals surface area contributed by atoms with Crippen molar-refractivity contribution >= 4 is 16.7 Å². The smallest absolute Gasteiger partial charge is 0.203 e. The number of allylic oxidation sites excluding steroid dienone is 6. The first-order valence-corrected chi connectivity index (χ1v) is 12.5. The molecule has 19 heteroatoms. The number of rotatable bonds is 3. The molecule has 0 unspecified atom stereocenters. The van der Waals surface area contributed by atoms with Gasteiger partial charge in [0.1, 0.15) is 41.5 Å². The van der Waals surface area contributed by atoms with Gasteiger partial charge in [0.05, 0.1) is 39.0 Å². The van der Waals surface area contributed by atoms with Crippen LogP contribution in [0.3, 0.4) is 0 Å². The highest BCUT2D eigenvalue weighted by atomic mass is 19.4. The van der Waals surface area contributed by atoms with Gasteiger partial charge in [-0.2, -0.15) is 52.7 Å². The number of alkyl halides is 6. The van der Waals surface area contributed by atoms with Gasteiger partial charge in [0.15, 0.2) is 46.5 Å². The van der Waals surface area contributed by atoms with E-state index in [9.17, 15) is 59.7 Å². The fraction of sp³-hybridized carbons (Fsp3) is 0.0645. The lowest BCUT2D eigenvalue weighted by molar-refractivity contribution is -0.143. The molecule has 0 radical (unpaired) electrons. The molecule has 0 saturated heterocycles. The van der Waals surface area contributed by atoms with Crippen molar-refractivity contribution in [3.63, 3.8) is 0 Å². The van der Waals surface area contributed by atoms with Gasteiger partial charge in [0.2, 0.25) is 0 Å². The number of nitriles is 5. The lowest BCUT2D eigenvalue weighted by Gasteiger charge is -2.13. The fourth-order valence-corrected chi connectivity index (χ4v) is 4.67. The zero-order valence-corrected chi connectivity index (χ0v) is 23.3. The van der Waals surface area contributed by atoms with Gasteiger partial charge in [-0.3, -0.25) is 0 Å². The summed E-state index contributed by atoms with van der Waals surface area (Å²) >= 11 is 0. The van der Waals surface area contributed by atoms with E-state index in [2.05, 4.69) is 0 Å². The van der Waals surface area contributed by atoms with Crippen molar-refractivity contribution in [2.45, 2.75) is 12.4 Å². The van der Waals surface area contributed by atoms with Crippen molar-refractivity contribution in [3.8, 4) is 30.3 Å². The highest BCUT2D eigenvalue weighted by molar-refractivity contribution is 6.12. The summed E-state index contributed by atoms with van der Waals surface area (Å²) in [5.74, 6) is -19.9. The van der Waals surface area contributed by atoms with Crippen molar-refractivity contribution in [1.29, 1.82) is 26.3 Å². The lowest BCUT2D eigenvalue weighted by atomic mass is 9.97. The first kappa shape index (κ1) is 36.2. The largest absolute Gasteiger partial charge is 0.416 e. The fourth-order valence-electron chi connectivity index (χ4n) is 4.67. The van der Waals surface area contributed by atoms with E-state index in [0.717, 1.165) is 30.3 Å². The van der Waals surface area contributed by atoms with E-state index >= 15 is 17.6 Å². The van der Waals surface area contributed by atoms with E-state index < -0.39 is 137 Å². The van der Waals surface area contributed by atoms with Crippen LogP contribution < -0.4 is 0 Å². The van der Waals surface area contributed by atoms with E-state index in [4.69, 9.17) is 10.5 Å². The molecule has 0 spiro atoms. The maximum atomic E-state index is 15.1. The number of hydrogen-bond donors (Lipinski definition) is 0. The van der Waals surface area contributed by atoms with Gasteiger partial charge >= 0.3 is 12.4 Å². The Morgan fingerprint density at radius 1 is 0.420 bits per heavy atom. The van der Waals surface area contributed by atoms with Crippen LogP contribution in [0.25, 0.3) is 16.7 Å². The molecule has 0 aromatic heterocycles. The van der Waals surface area contributed by atoms with Crippen LogP contribution >= 0.6 is 0 Å². The Morgan fingerprint density at radius 2 is 0.700 bits per heavy atom. The Balaban J connectivity index is 2.34. The third kappa shape index (κ3) is 5.63. The molecule has 0 N–H and O–H groups in total. The molecular formula is C31H3F14N5. The standard InChI is InChI=1S/C31H3F14N5/c32-22-15(7-49)23(33)27(37)20(26(22)36)13(5-47)18-17(12(4-46)9-1-10(30(40,41)42)3-11(2-9)31(43,44)45)19(18)14(6-48)21-28(38)24(34)16(8-50)25(35)29(21)39/h1-3H/b17-12-,18-13?,19-14-. The molecule has 3 aromatic rings. The Labute approximate surface area is 267 Å². The summed E-state index contributed by atoms with van der Waals surface area (Å²) in [6.45, 7) is 0. The Morgan fingerprint density at radius 3 is 0.940 bits per heavy atom. The molecule has 1 aliphatic rings. The minimum atomic E-state index is -5.56. The van der Waals surface area contributed by atoms with Crippen LogP contribution in [0, 0.1) is 103 Å². The summed E-state index contributed by atoms with van der Waals surface area (Å²) in [4.78, 5) is 0. The zero-order valence-electron chi connectivity index (χ0n) is 23.3. The van der Waals surface area contributed by atoms with Gasteiger partial charge in [0.25, 0.3) is 0 Å². The maximum absolute atomic E-state index is 15.1. The van der Waals surface area contributed by atoms with Gasteiger partial charge in [-0.25, -0.2) is 35.1 Å². The highest BCUT2D eigenvalue weighted by Gasteiger charge is 2.46. The first-order valence-electron chi connectivity index (χ1n) is 12.5. The van der Waals surface area contributed by atoms with Crippen molar-refractivity contribution in [2.24, 2.45) is 0 Å². The predicted molar refractivity (Wildman–Crippen MR) is 136 cm³/mol. The highest BCUT2D eigenvalue weighted by Crippen LogP contribution is 2.57. The molecule has 1 saturated carbocycles.